The molecule has 62 valence electrons. The topological polar surface area (TPSA) is 0 Å². The van der Waals surface area contributed by atoms with Gasteiger partial charge in [-0.2, -0.15) is 0 Å². The molecule has 0 nitrogen and oxygen atoms in total. The van der Waals surface area contributed by atoms with E-state index in [1.807, 2.05) is 6.08 Å². The minimum absolute atomic E-state index is 0.603. The fourth-order valence-electron chi connectivity index (χ4n) is 0.750. The van der Waals surface area contributed by atoms with Crippen molar-refractivity contribution in [3.63, 3.8) is 0 Å². The molecular formula is C11H18. The molecule has 0 aliphatic rings. The van der Waals surface area contributed by atoms with E-state index in [1.165, 1.54) is 5.57 Å². The van der Waals surface area contributed by atoms with Crippen LogP contribution in [0.1, 0.15) is 26.7 Å². The second-order valence-electron chi connectivity index (χ2n) is 3.15. The molecule has 0 bridgehead atoms. The maximum atomic E-state index is 3.90. The van der Waals surface area contributed by atoms with Crippen molar-refractivity contribution < 1.29 is 0 Å². The summed E-state index contributed by atoms with van der Waals surface area (Å²) in [4.78, 5) is 0. The summed E-state index contributed by atoms with van der Waals surface area (Å²) in [5.41, 5.74) is 2.37. The molecule has 0 fully saturated rings. The van der Waals surface area contributed by atoms with E-state index in [2.05, 4.69) is 33.6 Å². The van der Waals surface area contributed by atoms with Crippen molar-refractivity contribution in [2.24, 2.45) is 5.92 Å². The van der Waals surface area contributed by atoms with Crippen molar-refractivity contribution >= 4 is 0 Å². The van der Waals surface area contributed by atoms with Crippen molar-refractivity contribution in [1.82, 2.24) is 0 Å². The van der Waals surface area contributed by atoms with Crippen molar-refractivity contribution in [3.8, 4) is 0 Å². The largest absolute Gasteiger partial charge is 0.0999 e. The molecule has 0 saturated heterocycles. The molecule has 0 amide bonds. The van der Waals surface area contributed by atoms with E-state index >= 15 is 0 Å². The molecule has 0 heteroatoms. The Hall–Kier alpha value is -0.780. The molecule has 0 aliphatic heterocycles. The summed E-state index contributed by atoms with van der Waals surface area (Å²) in [6.07, 6.45) is 4.00. The maximum absolute atomic E-state index is 3.90. The molecule has 0 N–H and O–H groups in total. The van der Waals surface area contributed by atoms with E-state index in [1.54, 1.807) is 0 Å². The van der Waals surface area contributed by atoms with Crippen LogP contribution in [0.4, 0.5) is 0 Å². The molecule has 0 aliphatic carbocycles. The monoisotopic (exact) mass is 150 g/mol. The minimum atomic E-state index is 0.603. The normalized spacial score (nSPS) is 12.2. The summed E-state index contributed by atoms with van der Waals surface area (Å²) in [6, 6.07) is 0. The number of allylic oxidation sites excluding steroid dienone is 3. The molecule has 1 unspecified atom stereocenters. The third-order valence-corrected chi connectivity index (χ3v) is 2.03. The van der Waals surface area contributed by atoms with E-state index in [0.717, 1.165) is 18.4 Å². The number of hydrogen-bond acceptors (Lipinski definition) is 0. The lowest BCUT2D eigenvalue weighted by Gasteiger charge is -2.09. The Bertz CT molecular complexity index is 163. The van der Waals surface area contributed by atoms with Crippen LogP contribution in [0.5, 0.6) is 0 Å². The van der Waals surface area contributed by atoms with Gasteiger partial charge in [0, 0.05) is 0 Å². The van der Waals surface area contributed by atoms with Crippen LogP contribution in [0, 0.1) is 5.92 Å². The Kier molecular flexibility index (Phi) is 4.60. The van der Waals surface area contributed by atoms with Crippen LogP contribution in [0.15, 0.2) is 37.0 Å². The quantitative estimate of drug-likeness (QED) is 0.414. The van der Waals surface area contributed by atoms with Gasteiger partial charge in [0.2, 0.25) is 0 Å². The molecule has 0 saturated carbocycles. The minimum Gasteiger partial charge on any atom is -0.0999 e. The zero-order chi connectivity index (χ0) is 8.85. The Morgan fingerprint density at radius 1 is 1.45 bits per heavy atom. The molecule has 0 rings (SSSR count). The number of hydrogen-bond donors (Lipinski definition) is 0. The predicted octanol–water partition coefficient (Wildman–Crippen LogP) is 3.72. The van der Waals surface area contributed by atoms with E-state index in [0.29, 0.717) is 5.92 Å². The lowest BCUT2D eigenvalue weighted by molar-refractivity contribution is 0.617. The molecule has 0 aromatic rings. The zero-order valence-electron chi connectivity index (χ0n) is 7.69. The van der Waals surface area contributed by atoms with Crippen LogP contribution in [-0.4, -0.2) is 0 Å². The Morgan fingerprint density at radius 2 is 2.00 bits per heavy atom. The van der Waals surface area contributed by atoms with Gasteiger partial charge < -0.3 is 0 Å². The number of rotatable bonds is 5. The Labute approximate surface area is 70.3 Å². The van der Waals surface area contributed by atoms with Gasteiger partial charge in [0.25, 0.3) is 0 Å². The van der Waals surface area contributed by atoms with Crippen molar-refractivity contribution in [2.75, 3.05) is 0 Å². The molecule has 0 spiro atoms. The Balaban J connectivity index is 3.62. The predicted molar refractivity (Wildman–Crippen MR) is 52.5 cm³/mol. The van der Waals surface area contributed by atoms with Crippen molar-refractivity contribution in [3.05, 3.63) is 37.0 Å². The van der Waals surface area contributed by atoms with Crippen LogP contribution in [-0.2, 0) is 0 Å². The average molecular weight is 150 g/mol. The van der Waals surface area contributed by atoms with Gasteiger partial charge in [0.05, 0.1) is 0 Å². The molecule has 0 aromatic carbocycles. The summed E-state index contributed by atoms with van der Waals surface area (Å²) in [6.45, 7) is 15.7. The van der Waals surface area contributed by atoms with Gasteiger partial charge in [-0.1, -0.05) is 43.9 Å². The van der Waals surface area contributed by atoms with Gasteiger partial charge in [0.1, 0.15) is 0 Å². The molecular weight excluding hydrogens is 132 g/mol. The van der Waals surface area contributed by atoms with E-state index in [4.69, 9.17) is 0 Å². The van der Waals surface area contributed by atoms with Gasteiger partial charge in [0.15, 0.2) is 0 Å². The summed E-state index contributed by atoms with van der Waals surface area (Å²) in [5.74, 6) is 0.603. The first-order valence-corrected chi connectivity index (χ1v) is 4.03. The van der Waals surface area contributed by atoms with Gasteiger partial charge in [-0.3, -0.25) is 0 Å². The van der Waals surface area contributed by atoms with Crippen LogP contribution >= 0.6 is 0 Å². The molecule has 1 atom stereocenters. The molecule has 0 radical (unpaired) electrons. The fraction of sp³-hybridized carbons (Fsp3) is 0.455. The van der Waals surface area contributed by atoms with Crippen LogP contribution in [0.25, 0.3) is 0 Å². The Morgan fingerprint density at radius 3 is 2.36 bits per heavy atom. The lowest BCUT2D eigenvalue weighted by Crippen LogP contribution is -1.94. The molecule has 0 heterocycles. The summed E-state index contributed by atoms with van der Waals surface area (Å²) < 4.78 is 0. The fourth-order valence-corrected chi connectivity index (χ4v) is 0.750. The second kappa shape index (κ2) is 4.95. The summed E-state index contributed by atoms with van der Waals surface area (Å²) in [5, 5.41) is 0. The highest BCUT2D eigenvalue weighted by molar-refractivity contribution is 5.11. The average Bonchev–Trinajstić information content (AvgIpc) is 1.99. The lowest BCUT2D eigenvalue weighted by atomic mass is 9.96. The maximum Gasteiger partial charge on any atom is -0.0234 e. The third kappa shape index (κ3) is 4.60. The van der Waals surface area contributed by atoms with E-state index in [9.17, 15) is 0 Å². The van der Waals surface area contributed by atoms with Gasteiger partial charge >= 0.3 is 0 Å². The summed E-state index contributed by atoms with van der Waals surface area (Å²) in [7, 11) is 0. The highest BCUT2D eigenvalue weighted by Gasteiger charge is 2.01. The zero-order valence-corrected chi connectivity index (χ0v) is 7.69. The smallest absolute Gasteiger partial charge is 0.0234 e. The van der Waals surface area contributed by atoms with Gasteiger partial charge in [-0.05, 0) is 25.7 Å². The van der Waals surface area contributed by atoms with Gasteiger partial charge in [-0.15, -0.1) is 0 Å². The van der Waals surface area contributed by atoms with Gasteiger partial charge in [-0.25, -0.2) is 0 Å². The molecule has 0 aromatic heterocycles. The van der Waals surface area contributed by atoms with Crippen molar-refractivity contribution in [2.45, 2.75) is 26.7 Å². The highest BCUT2D eigenvalue weighted by atomic mass is 14.1. The van der Waals surface area contributed by atoms with Crippen LogP contribution in [0.3, 0.4) is 0 Å². The second-order valence-corrected chi connectivity index (χ2v) is 3.15. The standard InChI is InChI=1S/C11H18/c1-6-10(4)7-8-11(5)9(2)3/h6,11H,1-2,4,7-8H2,3,5H3. The van der Waals surface area contributed by atoms with Crippen LogP contribution in [0.2, 0.25) is 0 Å². The third-order valence-electron chi connectivity index (χ3n) is 2.03. The first kappa shape index (κ1) is 10.2. The summed E-state index contributed by atoms with van der Waals surface area (Å²) >= 11 is 0. The molecule has 11 heavy (non-hydrogen) atoms. The van der Waals surface area contributed by atoms with E-state index < -0.39 is 0 Å². The van der Waals surface area contributed by atoms with Crippen LogP contribution < -0.4 is 0 Å². The van der Waals surface area contributed by atoms with Crippen molar-refractivity contribution in [1.29, 1.82) is 0 Å². The SMILES string of the molecule is C=CC(=C)CCC(C)C(=C)C. The first-order valence-electron chi connectivity index (χ1n) is 4.03. The van der Waals surface area contributed by atoms with E-state index in [-0.39, 0.29) is 0 Å². The first-order chi connectivity index (χ1) is 5.07. The highest BCUT2D eigenvalue weighted by Crippen LogP contribution is 2.16.